The van der Waals surface area contributed by atoms with Crippen molar-refractivity contribution in [2.24, 2.45) is 11.7 Å². The van der Waals surface area contributed by atoms with Crippen LogP contribution in [0.25, 0.3) is 0 Å². The second-order valence-corrected chi connectivity index (χ2v) is 3.50. The van der Waals surface area contributed by atoms with Crippen LogP contribution in [0, 0.1) is 5.92 Å². The second-order valence-electron chi connectivity index (χ2n) is 3.50. The number of urea groups is 1. The number of alkyl carbamates (subject to hydrolysis) is 1. The van der Waals surface area contributed by atoms with Crippen LogP contribution in [-0.2, 0) is 4.74 Å². The van der Waals surface area contributed by atoms with Crippen LogP contribution in [0.1, 0.15) is 39.5 Å². The maximum atomic E-state index is 10.9. The largest absolute Gasteiger partial charge is 0.449 e. The SMILES string of the molecule is CCCCC(CC)COC(=O)NC(N)=O. The number of hydrogen-bond acceptors (Lipinski definition) is 3. The molecule has 0 bridgehead atoms. The summed E-state index contributed by atoms with van der Waals surface area (Å²) in [5.41, 5.74) is 4.76. The zero-order valence-corrected chi connectivity index (χ0v) is 9.41. The van der Waals surface area contributed by atoms with E-state index in [0.29, 0.717) is 12.5 Å². The molecule has 0 aliphatic carbocycles. The van der Waals surface area contributed by atoms with Gasteiger partial charge in [-0.1, -0.05) is 33.1 Å². The predicted molar refractivity (Wildman–Crippen MR) is 57.4 cm³/mol. The Balaban J connectivity index is 3.69. The molecule has 3 N–H and O–H groups in total. The van der Waals surface area contributed by atoms with Crippen LogP contribution in [0.2, 0.25) is 0 Å². The number of carbonyl (C=O) groups excluding carboxylic acids is 2. The van der Waals surface area contributed by atoms with Gasteiger partial charge in [0, 0.05) is 0 Å². The van der Waals surface area contributed by atoms with Gasteiger partial charge in [-0.15, -0.1) is 0 Å². The molecule has 0 saturated heterocycles. The summed E-state index contributed by atoms with van der Waals surface area (Å²) in [7, 11) is 0. The number of primary amides is 1. The number of nitrogens with one attached hydrogen (secondary N) is 1. The molecule has 0 saturated carbocycles. The molecule has 0 heterocycles. The van der Waals surface area contributed by atoms with Crippen molar-refractivity contribution in [1.29, 1.82) is 0 Å². The van der Waals surface area contributed by atoms with Crippen LogP contribution < -0.4 is 11.1 Å². The molecule has 0 fully saturated rings. The highest BCUT2D eigenvalue weighted by Gasteiger charge is 2.10. The van der Waals surface area contributed by atoms with Crippen molar-refractivity contribution in [3.63, 3.8) is 0 Å². The molecule has 0 radical (unpaired) electrons. The van der Waals surface area contributed by atoms with Crippen LogP contribution in [0.5, 0.6) is 0 Å². The van der Waals surface area contributed by atoms with Crippen LogP contribution in [0.4, 0.5) is 9.59 Å². The van der Waals surface area contributed by atoms with Crippen molar-refractivity contribution in [2.75, 3.05) is 6.61 Å². The quantitative estimate of drug-likeness (QED) is 0.712. The maximum absolute atomic E-state index is 10.9. The van der Waals surface area contributed by atoms with E-state index in [0.717, 1.165) is 25.7 Å². The number of imide groups is 1. The van der Waals surface area contributed by atoms with Gasteiger partial charge in [0.15, 0.2) is 0 Å². The number of ether oxygens (including phenoxy) is 1. The molecule has 5 nitrogen and oxygen atoms in total. The highest BCUT2D eigenvalue weighted by atomic mass is 16.5. The Kier molecular flexibility index (Phi) is 7.40. The van der Waals surface area contributed by atoms with Gasteiger partial charge >= 0.3 is 12.1 Å². The van der Waals surface area contributed by atoms with Crippen LogP contribution in [0.15, 0.2) is 0 Å². The van der Waals surface area contributed by atoms with Gasteiger partial charge in [0.2, 0.25) is 0 Å². The maximum Gasteiger partial charge on any atom is 0.415 e. The van der Waals surface area contributed by atoms with E-state index in [9.17, 15) is 9.59 Å². The average Bonchev–Trinajstić information content (AvgIpc) is 2.17. The van der Waals surface area contributed by atoms with E-state index in [-0.39, 0.29) is 0 Å². The van der Waals surface area contributed by atoms with Gasteiger partial charge < -0.3 is 10.5 Å². The van der Waals surface area contributed by atoms with Gasteiger partial charge in [0.1, 0.15) is 0 Å². The Morgan fingerprint density at radius 1 is 1.40 bits per heavy atom. The van der Waals surface area contributed by atoms with Crippen molar-refractivity contribution in [1.82, 2.24) is 5.32 Å². The molecule has 5 heteroatoms. The first-order valence-electron chi connectivity index (χ1n) is 5.33. The third kappa shape index (κ3) is 7.78. The number of carbonyl (C=O) groups is 2. The van der Waals surface area contributed by atoms with E-state index < -0.39 is 12.1 Å². The van der Waals surface area contributed by atoms with Gasteiger partial charge in [-0.3, -0.25) is 0 Å². The summed E-state index contributed by atoms with van der Waals surface area (Å²) in [5.74, 6) is 0.364. The zero-order valence-electron chi connectivity index (χ0n) is 9.41. The van der Waals surface area contributed by atoms with Crippen molar-refractivity contribution in [2.45, 2.75) is 39.5 Å². The number of rotatable bonds is 6. The van der Waals surface area contributed by atoms with Gasteiger partial charge in [-0.25, -0.2) is 14.9 Å². The lowest BCUT2D eigenvalue weighted by Crippen LogP contribution is -2.36. The molecule has 0 aromatic carbocycles. The summed E-state index contributed by atoms with van der Waals surface area (Å²) in [4.78, 5) is 21.2. The molecule has 0 rings (SSSR count). The fourth-order valence-electron chi connectivity index (χ4n) is 1.23. The Bertz CT molecular complexity index is 207. The fraction of sp³-hybridized carbons (Fsp3) is 0.800. The number of nitrogens with two attached hydrogens (primary N) is 1. The van der Waals surface area contributed by atoms with Crippen molar-refractivity contribution in [3.05, 3.63) is 0 Å². The van der Waals surface area contributed by atoms with Crippen molar-refractivity contribution >= 4 is 12.1 Å². The molecule has 0 aliphatic heterocycles. The predicted octanol–water partition coefficient (Wildman–Crippen LogP) is 2.01. The summed E-state index contributed by atoms with van der Waals surface area (Å²) < 4.78 is 4.85. The van der Waals surface area contributed by atoms with Crippen LogP contribution >= 0.6 is 0 Å². The lowest BCUT2D eigenvalue weighted by molar-refractivity contribution is 0.124. The summed E-state index contributed by atoms with van der Waals surface area (Å²) in [6.07, 6.45) is 3.49. The van der Waals surface area contributed by atoms with Gasteiger partial charge in [-0.2, -0.15) is 0 Å². The van der Waals surface area contributed by atoms with E-state index in [1.807, 2.05) is 5.32 Å². The van der Waals surface area contributed by atoms with Gasteiger partial charge in [0.25, 0.3) is 0 Å². The standard InChI is InChI=1S/C10H20N2O3/c1-3-5-6-8(4-2)7-15-10(14)12-9(11)13/h8H,3-7H2,1-2H3,(H3,11,12,13,14). The number of hydrogen-bond donors (Lipinski definition) is 2. The molecule has 0 aromatic heterocycles. The minimum absolute atomic E-state index is 0.343. The lowest BCUT2D eigenvalue weighted by atomic mass is 10.0. The van der Waals surface area contributed by atoms with E-state index in [2.05, 4.69) is 13.8 Å². The minimum atomic E-state index is -0.887. The highest BCUT2D eigenvalue weighted by molar-refractivity contribution is 5.89. The van der Waals surface area contributed by atoms with E-state index in [1.54, 1.807) is 0 Å². The molecule has 0 aliphatic rings. The molecule has 88 valence electrons. The first-order chi connectivity index (χ1) is 7.10. The van der Waals surface area contributed by atoms with E-state index in [1.165, 1.54) is 0 Å². The van der Waals surface area contributed by atoms with Crippen molar-refractivity contribution in [3.8, 4) is 0 Å². The second kappa shape index (κ2) is 8.08. The molecule has 0 aromatic rings. The van der Waals surface area contributed by atoms with Crippen LogP contribution in [0.3, 0.4) is 0 Å². The molecule has 0 spiro atoms. The van der Waals surface area contributed by atoms with Crippen molar-refractivity contribution < 1.29 is 14.3 Å². The summed E-state index contributed by atoms with van der Waals surface area (Å²) in [6, 6.07) is -0.887. The Morgan fingerprint density at radius 2 is 2.07 bits per heavy atom. The smallest absolute Gasteiger partial charge is 0.415 e. The Labute approximate surface area is 90.4 Å². The zero-order chi connectivity index (χ0) is 11.7. The van der Waals surface area contributed by atoms with Gasteiger partial charge in [0.05, 0.1) is 6.61 Å². The Hall–Kier alpha value is -1.26. The molecule has 3 amide bonds. The minimum Gasteiger partial charge on any atom is -0.449 e. The number of unbranched alkanes of at least 4 members (excludes halogenated alkanes) is 1. The molecule has 1 unspecified atom stereocenters. The summed E-state index contributed by atoms with van der Waals surface area (Å²) in [5, 5.41) is 1.86. The molecular formula is C10H20N2O3. The summed E-state index contributed by atoms with van der Waals surface area (Å²) >= 11 is 0. The van der Waals surface area contributed by atoms with E-state index in [4.69, 9.17) is 10.5 Å². The van der Waals surface area contributed by atoms with Crippen LogP contribution in [-0.4, -0.2) is 18.7 Å². The first-order valence-corrected chi connectivity index (χ1v) is 5.33. The highest BCUT2D eigenvalue weighted by Crippen LogP contribution is 2.12. The monoisotopic (exact) mass is 216 g/mol. The summed E-state index contributed by atoms with van der Waals surface area (Å²) in [6.45, 7) is 4.51. The lowest BCUT2D eigenvalue weighted by Gasteiger charge is -2.14. The molecule has 15 heavy (non-hydrogen) atoms. The topological polar surface area (TPSA) is 81.4 Å². The molecule has 1 atom stereocenters. The fourth-order valence-corrected chi connectivity index (χ4v) is 1.23. The normalized spacial score (nSPS) is 11.9. The first kappa shape index (κ1) is 13.7. The average molecular weight is 216 g/mol. The van der Waals surface area contributed by atoms with Gasteiger partial charge in [-0.05, 0) is 12.3 Å². The third-order valence-corrected chi connectivity index (χ3v) is 2.22. The number of amides is 3. The Morgan fingerprint density at radius 3 is 2.53 bits per heavy atom. The molecular weight excluding hydrogens is 196 g/mol. The third-order valence-electron chi connectivity index (χ3n) is 2.22. The van der Waals surface area contributed by atoms with E-state index >= 15 is 0 Å².